The quantitative estimate of drug-likeness (QED) is 0.789. The van der Waals surface area contributed by atoms with E-state index in [0.29, 0.717) is 17.4 Å². The molecule has 2 N–H and O–H groups in total. The molecule has 1 saturated carbocycles. The number of anilines is 1. The van der Waals surface area contributed by atoms with E-state index in [9.17, 15) is 9.59 Å². The summed E-state index contributed by atoms with van der Waals surface area (Å²) in [5.41, 5.74) is 0.343. The zero-order valence-corrected chi connectivity index (χ0v) is 17.4. The number of amides is 2. The van der Waals surface area contributed by atoms with Gasteiger partial charge in [0.05, 0.1) is 6.42 Å². The number of aromatic nitrogens is 2. The van der Waals surface area contributed by atoms with Gasteiger partial charge in [0.15, 0.2) is 5.82 Å². The molecule has 3 rings (SSSR count). The molecule has 1 fully saturated rings. The van der Waals surface area contributed by atoms with Crippen molar-refractivity contribution in [3.05, 3.63) is 41.5 Å². The lowest BCUT2D eigenvalue weighted by atomic mass is 9.96. The largest absolute Gasteiger partial charge is 0.444 e. The van der Waals surface area contributed by atoms with Crippen molar-refractivity contribution in [1.82, 2.24) is 15.5 Å². The fourth-order valence-corrected chi connectivity index (χ4v) is 3.50. The number of carbonyl (C=O) groups is 2. The van der Waals surface area contributed by atoms with Gasteiger partial charge in [0.1, 0.15) is 11.1 Å². The molecule has 8 heteroatoms. The molecule has 0 spiro atoms. The van der Waals surface area contributed by atoms with Crippen LogP contribution in [0.1, 0.15) is 63.7 Å². The minimum absolute atomic E-state index is 0.0952. The highest BCUT2D eigenvalue weighted by atomic mass is 16.6. The summed E-state index contributed by atoms with van der Waals surface area (Å²) in [6.07, 6.45) is 3.34. The Bertz CT molecular complexity index is 862. The van der Waals surface area contributed by atoms with Crippen molar-refractivity contribution in [2.24, 2.45) is 0 Å². The average Bonchev–Trinajstić information content (AvgIpc) is 3.25. The van der Waals surface area contributed by atoms with Gasteiger partial charge in [-0.3, -0.25) is 10.1 Å². The predicted octanol–water partition coefficient (Wildman–Crippen LogP) is 3.85. The van der Waals surface area contributed by atoms with Crippen molar-refractivity contribution in [3.8, 4) is 0 Å². The van der Waals surface area contributed by atoms with Crippen LogP contribution in [0.15, 0.2) is 28.8 Å². The Hall–Kier alpha value is -2.90. The zero-order chi connectivity index (χ0) is 21.1. The van der Waals surface area contributed by atoms with Gasteiger partial charge in [-0.05, 0) is 51.3 Å². The smallest absolute Gasteiger partial charge is 0.412 e. The summed E-state index contributed by atoms with van der Waals surface area (Å²) in [5.74, 6) is 0.952. The van der Waals surface area contributed by atoms with Crippen molar-refractivity contribution in [3.63, 3.8) is 0 Å². The number of ether oxygens (including phenoxy) is 1. The topological polar surface area (TPSA) is 106 Å². The third-order valence-corrected chi connectivity index (χ3v) is 4.76. The van der Waals surface area contributed by atoms with Crippen LogP contribution in [0, 0.1) is 6.92 Å². The van der Waals surface area contributed by atoms with Crippen molar-refractivity contribution in [2.45, 2.75) is 70.9 Å². The summed E-state index contributed by atoms with van der Waals surface area (Å²) in [6.45, 7) is 7.16. The second-order valence-electron chi connectivity index (χ2n) is 8.47. The van der Waals surface area contributed by atoms with Crippen LogP contribution in [-0.2, 0) is 21.5 Å². The first kappa shape index (κ1) is 20.8. The Morgan fingerprint density at radius 3 is 2.38 bits per heavy atom. The van der Waals surface area contributed by atoms with E-state index in [0.717, 1.165) is 31.2 Å². The van der Waals surface area contributed by atoms with Gasteiger partial charge in [-0.15, -0.1) is 0 Å². The summed E-state index contributed by atoms with van der Waals surface area (Å²) in [7, 11) is 0. The molecule has 1 aliphatic carbocycles. The maximum Gasteiger partial charge on any atom is 0.412 e. The molecule has 1 heterocycles. The highest BCUT2D eigenvalue weighted by Crippen LogP contribution is 2.37. The maximum absolute atomic E-state index is 12.7. The monoisotopic (exact) mass is 400 g/mol. The highest BCUT2D eigenvalue weighted by Gasteiger charge is 2.41. The first-order valence-corrected chi connectivity index (χ1v) is 9.86. The van der Waals surface area contributed by atoms with E-state index in [-0.39, 0.29) is 12.3 Å². The molecule has 0 unspecified atom stereocenters. The van der Waals surface area contributed by atoms with Crippen molar-refractivity contribution >= 4 is 17.7 Å². The van der Waals surface area contributed by atoms with Gasteiger partial charge in [0.2, 0.25) is 11.8 Å². The van der Waals surface area contributed by atoms with Crippen LogP contribution in [0.25, 0.3) is 0 Å². The molecule has 0 radical (unpaired) electrons. The van der Waals surface area contributed by atoms with E-state index in [1.807, 2.05) is 12.1 Å². The Morgan fingerprint density at radius 1 is 1.17 bits per heavy atom. The molecule has 0 atom stereocenters. The molecule has 2 aromatic rings. The maximum atomic E-state index is 12.7. The van der Waals surface area contributed by atoms with Crippen LogP contribution >= 0.6 is 0 Å². The van der Waals surface area contributed by atoms with Crippen LogP contribution in [-0.4, -0.2) is 27.7 Å². The number of benzene rings is 1. The van der Waals surface area contributed by atoms with E-state index in [1.54, 1.807) is 39.8 Å². The number of rotatable bonds is 5. The van der Waals surface area contributed by atoms with E-state index < -0.39 is 17.2 Å². The zero-order valence-electron chi connectivity index (χ0n) is 17.4. The van der Waals surface area contributed by atoms with Gasteiger partial charge in [-0.2, -0.15) is 4.98 Å². The van der Waals surface area contributed by atoms with Gasteiger partial charge in [0, 0.05) is 12.6 Å². The Balaban J connectivity index is 1.60. The van der Waals surface area contributed by atoms with Crippen LogP contribution in [0.5, 0.6) is 0 Å². The number of hydrogen-bond donors (Lipinski definition) is 2. The van der Waals surface area contributed by atoms with Crippen molar-refractivity contribution < 1.29 is 18.8 Å². The van der Waals surface area contributed by atoms with Crippen LogP contribution in [0.3, 0.4) is 0 Å². The molecule has 0 aliphatic heterocycles. The molecule has 1 aliphatic rings. The molecular formula is C21H28N4O4. The normalized spacial score (nSPS) is 15.7. The van der Waals surface area contributed by atoms with Gasteiger partial charge < -0.3 is 14.6 Å². The number of carbonyl (C=O) groups excluding carboxylic acids is 2. The minimum atomic E-state index is -0.560. The minimum Gasteiger partial charge on any atom is -0.444 e. The third-order valence-electron chi connectivity index (χ3n) is 4.76. The lowest BCUT2D eigenvalue weighted by Gasteiger charge is -2.26. The second kappa shape index (κ2) is 8.23. The van der Waals surface area contributed by atoms with Crippen LogP contribution < -0.4 is 10.6 Å². The second-order valence-corrected chi connectivity index (χ2v) is 8.47. The molecule has 1 aromatic carbocycles. The first-order chi connectivity index (χ1) is 13.7. The molecule has 2 amide bonds. The van der Waals surface area contributed by atoms with E-state index in [4.69, 9.17) is 9.26 Å². The average molecular weight is 400 g/mol. The SMILES string of the molecule is Cc1nc(C2(NC(=O)Cc3ccc(NC(=O)OC(C)(C)C)cc3)CCCC2)no1. The number of nitrogens with one attached hydrogen (secondary N) is 2. The number of aryl methyl sites for hydroxylation is 1. The van der Waals surface area contributed by atoms with E-state index >= 15 is 0 Å². The summed E-state index contributed by atoms with van der Waals surface area (Å²) in [6, 6.07) is 7.12. The summed E-state index contributed by atoms with van der Waals surface area (Å²) >= 11 is 0. The van der Waals surface area contributed by atoms with E-state index in [1.165, 1.54) is 0 Å². The van der Waals surface area contributed by atoms with Crippen molar-refractivity contribution in [2.75, 3.05) is 5.32 Å². The summed E-state index contributed by atoms with van der Waals surface area (Å²) in [5, 5.41) is 9.85. The lowest BCUT2D eigenvalue weighted by molar-refractivity contribution is -0.122. The highest BCUT2D eigenvalue weighted by molar-refractivity contribution is 5.85. The molecular weight excluding hydrogens is 372 g/mol. The first-order valence-electron chi connectivity index (χ1n) is 9.86. The Labute approximate surface area is 170 Å². The van der Waals surface area contributed by atoms with Gasteiger partial charge in [-0.25, -0.2) is 4.79 Å². The number of nitrogens with zero attached hydrogens (tertiary/aromatic N) is 2. The van der Waals surface area contributed by atoms with Gasteiger partial charge >= 0.3 is 6.09 Å². The van der Waals surface area contributed by atoms with Crippen LogP contribution in [0.2, 0.25) is 0 Å². The Morgan fingerprint density at radius 2 is 1.83 bits per heavy atom. The molecule has 29 heavy (non-hydrogen) atoms. The van der Waals surface area contributed by atoms with Gasteiger partial charge in [-0.1, -0.05) is 30.1 Å². The van der Waals surface area contributed by atoms with Crippen LogP contribution in [0.4, 0.5) is 10.5 Å². The Kier molecular flexibility index (Phi) is 5.91. The standard InChI is InChI=1S/C21H28N4O4/c1-14-22-18(25-29-14)21(11-5-6-12-21)24-17(26)13-15-7-9-16(10-8-15)23-19(27)28-20(2,3)4/h7-10H,5-6,11-13H2,1-4H3,(H,23,27)(H,24,26). The summed E-state index contributed by atoms with van der Waals surface area (Å²) < 4.78 is 10.4. The number of hydrogen-bond acceptors (Lipinski definition) is 6. The molecule has 0 saturated heterocycles. The molecule has 0 bridgehead atoms. The molecule has 156 valence electrons. The summed E-state index contributed by atoms with van der Waals surface area (Å²) in [4.78, 5) is 28.9. The van der Waals surface area contributed by atoms with Gasteiger partial charge in [0.25, 0.3) is 0 Å². The molecule has 1 aromatic heterocycles. The molecule has 8 nitrogen and oxygen atoms in total. The predicted molar refractivity (Wildman–Crippen MR) is 107 cm³/mol. The third kappa shape index (κ3) is 5.56. The van der Waals surface area contributed by atoms with Crippen molar-refractivity contribution in [1.29, 1.82) is 0 Å². The lowest BCUT2D eigenvalue weighted by Crippen LogP contribution is -2.45. The fraction of sp³-hybridized carbons (Fsp3) is 0.524. The fourth-order valence-electron chi connectivity index (χ4n) is 3.50. The van der Waals surface area contributed by atoms with E-state index in [2.05, 4.69) is 20.8 Å².